The summed E-state index contributed by atoms with van der Waals surface area (Å²) in [7, 11) is 0. The van der Waals surface area contributed by atoms with Crippen molar-refractivity contribution < 1.29 is 28.2 Å². The van der Waals surface area contributed by atoms with Crippen molar-refractivity contribution in [3.05, 3.63) is 29.1 Å². The number of hydrogen-bond acceptors (Lipinski definition) is 3. The van der Waals surface area contributed by atoms with Crippen LogP contribution in [-0.2, 0) is 0 Å². The second kappa shape index (κ2) is 5.08. The lowest BCUT2D eigenvalue weighted by Crippen LogP contribution is -2.38. The van der Waals surface area contributed by atoms with E-state index >= 15 is 0 Å². The lowest BCUT2D eigenvalue weighted by atomic mass is 10.1. The number of rotatable bonds is 2. The summed E-state index contributed by atoms with van der Waals surface area (Å²) in [5.74, 6) is -7.10. The number of likely N-dealkylation sites (tertiary alicyclic amines) is 1. The Kier molecular flexibility index (Phi) is 3.66. The number of nitrogens with zero attached hydrogens (tertiary/aromatic N) is 1. The van der Waals surface area contributed by atoms with Gasteiger partial charge in [-0.15, -0.1) is 0 Å². The normalized spacial score (nSPS) is 18.9. The van der Waals surface area contributed by atoms with Crippen molar-refractivity contribution in [2.75, 3.05) is 13.2 Å². The maximum absolute atomic E-state index is 13.6. The number of amides is 1. The van der Waals surface area contributed by atoms with Crippen LogP contribution in [0.25, 0.3) is 0 Å². The molecule has 19 heavy (non-hydrogen) atoms. The average molecular weight is 275 g/mol. The molecule has 0 unspecified atom stereocenters. The zero-order valence-electron chi connectivity index (χ0n) is 9.87. The van der Waals surface area contributed by atoms with E-state index in [1.54, 1.807) is 0 Å². The topological polar surface area (TPSA) is 60.8 Å². The first kappa shape index (κ1) is 13.7. The molecule has 2 N–H and O–H groups in total. The van der Waals surface area contributed by atoms with Crippen molar-refractivity contribution in [2.45, 2.75) is 18.9 Å². The van der Waals surface area contributed by atoms with Crippen LogP contribution in [-0.4, -0.2) is 40.2 Å². The summed E-state index contributed by atoms with van der Waals surface area (Å²) in [4.78, 5) is 13.2. The van der Waals surface area contributed by atoms with E-state index in [2.05, 4.69) is 0 Å². The Labute approximate surface area is 107 Å². The zero-order valence-corrected chi connectivity index (χ0v) is 9.87. The van der Waals surface area contributed by atoms with Gasteiger partial charge in [0.15, 0.2) is 17.4 Å². The van der Waals surface area contributed by atoms with E-state index in [1.165, 1.54) is 4.90 Å². The van der Waals surface area contributed by atoms with Crippen LogP contribution in [0.4, 0.5) is 13.2 Å². The highest BCUT2D eigenvalue weighted by Crippen LogP contribution is 2.28. The number of halogens is 3. The Morgan fingerprint density at radius 3 is 2.68 bits per heavy atom. The third-order valence-corrected chi connectivity index (χ3v) is 3.21. The number of aliphatic hydroxyl groups is 1. The molecule has 1 amide bonds. The first-order valence-corrected chi connectivity index (χ1v) is 5.75. The predicted molar refractivity (Wildman–Crippen MR) is 59.1 cm³/mol. The van der Waals surface area contributed by atoms with Crippen molar-refractivity contribution in [3.8, 4) is 5.75 Å². The summed E-state index contributed by atoms with van der Waals surface area (Å²) >= 11 is 0. The molecular weight excluding hydrogens is 263 g/mol. The molecule has 4 nitrogen and oxygen atoms in total. The monoisotopic (exact) mass is 275 g/mol. The van der Waals surface area contributed by atoms with Crippen molar-refractivity contribution in [1.29, 1.82) is 0 Å². The molecule has 1 saturated heterocycles. The number of aliphatic hydroxyl groups excluding tert-OH is 1. The lowest BCUT2D eigenvalue weighted by Gasteiger charge is -2.23. The van der Waals surface area contributed by atoms with Crippen LogP contribution in [0.5, 0.6) is 5.75 Å². The van der Waals surface area contributed by atoms with Crippen LogP contribution in [0, 0.1) is 17.5 Å². The predicted octanol–water partition coefficient (Wildman–Crippen LogP) is 1.41. The van der Waals surface area contributed by atoms with Gasteiger partial charge in [0, 0.05) is 6.54 Å². The number of aromatic hydroxyl groups is 1. The van der Waals surface area contributed by atoms with Crippen LogP contribution in [0.1, 0.15) is 23.2 Å². The molecule has 0 aliphatic carbocycles. The molecule has 104 valence electrons. The molecule has 1 heterocycles. The Morgan fingerprint density at radius 2 is 2.05 bits per heavy atom. The van der Waals surface area contributed by atoms with E-state index in [0.29, 0.717) is 25.5 Å². The minimum Gasteiger partial charge on any atom is -0.503 e. The molecule has 1 aliphatic rings. The van der Waals surface area contributed by atoms with E-state index in [4.69, 9.17) is 10.2 Å². The summed E-state index contributed by atoms with van der Waals surface area (Å²) in [5.41, 5.74) is -0.739. The molecule has 1 aromatic rings. The van der Waals surface area contributed by atoms with E-state index in [1.807, 2.05) is 0 Å². The molecule has 0 saturated carbocycles. The van der Waals surface area contributed by atoms with Crippen LogP contribution in [0.2, 0.25) is 0 Å². The molecule has 1 aromatic carbocycles. The van der Waals surface area contributed by atoms with Gasteiger partial charge in [-0.25, -0.2) is 8.78 Å². The summed E-state index contributed by atoms with van der Waals surface area (Å²) in [6.07, 6.45) is 1.19. The van der Waals surface area contributed by atoms with Gasteiger partial charge in [0.05, 0.1) is 18.2 Å². The summed E-state index contributed by atoms with van der Waals surface area (Å²) in [6.45, 7) is 0.00623. The van der Waals surface area contributed by atoms with Gasteiger partial charge < -0.3 is 15.1 Å². The van der Waals surface area contributed by atoms with Gasteiger partial charge in [0.25, 0.3) is 5.91 Å². The Hall–Kier alpha value is -1.76. The minimum atomic E-state index is -1.73. The number of carbonyl (C=O) groups is 1. The van der Waals surface area contributed by atoms with Gasteiger partial charge in [-0.2, -0.15) is 4.39 Å². The average Bonchev–Trinajstić information content (AvgIpc) is 2.88. The van der Waals surface area contributed by atoms with Crippen molar-refractivity contribution in [1.82, 2.24) is 4.90 Å². The maximum Gasteiger partial charge on any atom is 0.257 e. The quantitative estimate of drug-likeness (QED) is 0.802. The molecular formula is C12H12F3NO3. The third-order valence-electron chi connectivity index (χ3n) is 3.21. The van der Waals surface area contributed by atoms with Gasteiger partial charge in [-0.05, 0) is 18.9 Å². The second-order valence-electron chi connectivity index (χ2n) is 4.36. The number of phenolic OH excluding ortho intramolecular Hbond substituents is 1. The van der Waals surface area contributed by atoms with Gasteiger partial charge in [-0.3, -0.25) is 4.79 Å². The standard InChI is InChI=1S/C12H12F3NO3/c13-8-4-7(9(14)11(18)10(8)15)12(19)16-3-1-2-6(16)5-17/h4,6,17-18H,1-3,5H2/t6-/m1/s1. The van der Waals surface area contributed by atoms with Gasteiger partial charge in [0.1, 0.15) is 0 Å². The molecule has 0 bridgehead atoms. The van der Waals surface area contributed by atoms with Crippen LogP contribution in [0.3, 0.4) is 0 Å². The number of hydrogen-bond donors (Lipinski definition) is 2. The molecule has 1 atom stereocenters. The fraction of sp³-hybridized carbons (Fsp3) is 0.417. The Bertz CT molecular complexity index is 521. The Balaban J connectivity index is 2.39. The Morgan fingerprint density at radius 1 is 1.37 bits per heavy atom. The molecule has 1 fully saturated rings. The largest absolute Gasteiger partial charge is 0.503 e. The van der Waals surface area contributed by atoms with Crippen LogP contribution < -0.4 is 0 Å². The summed E-state index contributed by atoms with van der Waals surface area (Å²) < 4.78 is 39.7. The highest BCUT2D eigenvalue weighted by Gasteiger charge is 2.32. The highest BCUT2D eigenvalue weighted by atomic mass is 19.2. The fourth-order valence-corrected chi connectivity index (χ4v) is 2.19. The van der Waals surface area contributed by atoms with Crippen molar-refractivity contribution in [3.63, 3.8) is 0 Å². The maximum atomic E-state index is 13.6. The fourth-order valence-electron chi connectivity index (χ4n) is 2.19. The number of carbonyl (C=O) groups excluding carboxylic acids is 1. The van der Waals surface area contributed by atoms with Gasteiger partial charge in [0.2, 0.25) is 5.82 Å². The second-order valence-corrected chi connectivity index (χ2v) is 4.36. The van der Waals surface area contributed by atoms with Crippen LogP contribution in [0.15, 0.2) is 6.07 Å². The van der Waals surface area contributed by atoms with E-state index in [0.717, 1.165) is 0 Å². The zero-order chi connectivity index (χ0) is 14.2. The number of benzene rings is 1. The molecule has 0 radical (unpaired) electrons. The third kappa shape index (κ3) is 2.25. The van der Waals surface area contributed by atoms with Gasteiger partial charge in [-0.1, -0.05) is 0 Å². The molecule has 0 aromatic heterocycles. The highest BCUT2D eigenvalue weighted by molar-refractivity contribution is 5.95. The molecule has 0 spiro atoms. The van der Waals surface area contributed by atoms with E-state index in [-0.39, 0.29) is 6.61 Å². The smallest absolute Gasteiger partial charge is 0.257 e. The van der Waals surface area contributed by atoms with Gasteiger partial charge >= 0.3 is 0 Å². The summed E-state index contributed by atoms with van der Waals surface area (Å²) in [5, 5.41) is 18.2. The van der Waals surface area contributed by atoms with E-state index in [9.17, 15) is 18.0 Å². The lowest BCUT2D eigenvalue weighted by molar-refractivity contribution is 0.0671. The van der Waals surface area contributed by atoms with Crippen LogP contribution >= 0.6 is 0 Å². The van der Waals surface area contributed by atoms with E-state index < -0.39 is 40.7 Å². The molecule has 7 heteroatoms. The summed E-state index contributed by atoms with van der Waals surface area (Å²) in [6, 6.07) is -0.0541. The minimum absolute atomic E-state index is 0.289. The van der Waals surface area contributed by atoms with Crippen molar-refractivity contribution in [2.24, 2.45) is 0 Å². The SMILES string of the molecule is O=C(c1cc(F)c(F)c(O)c1F)N1CCC[C@@H]1CO. The first-order valence-electron chi connectivity index (χ1n) is 5.75. The number of phenols is 1. The van der Waals surface area contributed by atoms with Crippen molar-refractivity contribution >= 4 is 5.91 Å². The molecule has 1 aliphatic heterocycles. The molecule has 2 rings (SSSR count). The first-order chi connectivity index (χ1) is 8.97.